The summed E-state index contributed by atoms with van der Waals surface area (Å²) in [5, 5.41) is 6.80. The van der Waals surface area contributed by atoms with Crippen molar-refractivity contribution in [3.05, 3.63) is 52.7 Å². The number of benzene rings is 1. The van der Waals surface area contributed by atoms with E-state index in [1.165, 1.54) is 0 Å². The van der Waals surface area contributed by atoms with Crippen molar-refractivity contribution in [1.29, 1.82) is 0 Å². The van der Waals surface area contributed by atoms with Crippen LogP contribution in [-0.2, 0) is 0 Å². The van der Waals surface area contributed by atoms with E-state index in [-0.39, 0.29) is 29.7 Å². The molecule has 1 saturated carbocycles. The van der Waals surface area contributed by atoms with Crippen LogP contribution in [-0.4, -0.2) is 46.7 Å². The standard InChI is InChI=1S/C32H43N5O3/c1-17(2)29(18(3)4)36-27-15-25(19(5)12-26(27)31(33)39)32(40)35-22-13-23-9-10-24(14-22)37(23)28-11-8-21(16-34-28)30(38)20-6-7-20/h8,11-12,15-18,20,22-24,29,36H,6-7,9-10,13-14H2,1-5H3,(H2,33,39)(H,35,40). The van der Waals surface area contributed by atoms with Crippen molar-refractivity contribution in [1.82, 2.24) is 10.3 Å². The van der Waals surface area contributed by atoms with Crippen LogP contribution >= 0.6 is 0 Å². The molecular weight excluding hydrogens is 502 g/mol. The SMILES string of the molecule is Cc1cc(C(N)=O)c(NC(C(C)C)C(C)C)cc1C(=O)NC1CC2CCC(C1)N2c1ccc(C(=O)C2CC2)cn1. The maximum Gasteiger partial charge on any atom is 0.251 e. The molecule has 40 heavy (non-hydrogen) atoms. The van der Waals surface area contributed by atoms with Crippen LogP contribution in [0.4, 0.5) is 11.5 Å². The van der Waals surface area contributed by atoms with Gasteiger partial charge < -0.3 is 21.3 Å². The summed E-state index contributed by atoms with van der Waals surface area (Å²) in [6.07, 6.45) is 7.54. The van der Waals surface area contributed by atoms with Crippen LogP contribution in [0.1, 0.15) is 103 Å². The maximum absolute atomic E-state index is 13.6. The van der Waals surface area contributed by atoms with Gasteiger partial charge in [-0.15, -0.1) is 0 Å². The van der Waals surface area contributed by atoms with E-state index in [0.29, 0.717) is 46.3 Å². The van der Waals surface area contributed by atoms with Crippen LogP contribution in [0.2, 0.25) is 0 Å². The third-order valence-electron chi connectivity index (χ3n) is 8.95. The van der Waals surface area contributed by atoms with E-state index < -0.39 is 5.91 Å². The van der Waals surface area contributed by atoms with Crippen LogP contribution in [0.3, 0.4) is 0 Å². The molecule has 2 saturated heterocycles. The number of nitrogens with zero attached hydrogens (tertiary/aromatic N) is 2. The predicted octanol–water partition coefficient (Wildman–Crippen LogP) is 5.10. The molecule has 8 heteroatoms. The highest BCUT2D eigenvalue weighted by Crippen LogP contribution is 2.39. The van der Waals surface area contributed by atoms with Gasteiger partial charge in [-0.25, -0.2) is 4.98 Å². The second kappa shape index (κ2) is 11.2. The Kier molecular flexibility index (Phi) is 7.89. The highest BCUT2D eigenvalue weighted by atomic mass is 16.2. The molecule has 1 aromatic carbocycles. The molecule has 4 N–H and O–H groups in total. The second-order valence-electron chi connectivity index (χ2n) is 12.7. The fraction of sp³-hybridized carbons (Fsp3) is 0.562. The minimum Gasteiger partial charge on any atom is -0.381 e. The zero-order valence-electron chi connectivity index (χ0n) is 24.4. The summed E-state index contributed by atoms with van der Waals surface area (Å²) in [5.74, 6) is 1.37. The van der Waals surface area contributed by atoms with Gasteiger partial charge in [0.2, 0.25) is 0 Å². The Bertz CT molecular complexity index is 1260. The van der Waals surface area contributed by atoms with Crippen molar-refractivity contribution >= 4 is 29.1 Å². The zero-order chi connectivity index (χ0) is 28.7. The van der Waals surface area contributed by atoms with Crippen molar-refractivity contribution in [2.75, 3.05) is 10.2 Å². The third kappa shape index (κ3) is 5.72. The lowest BCUT2D eigenvalue weighted by Gasteiger charge is -2.40. The van der Waals surface area contributed by atoms with E-state index in [0.717, 1.165) is 49.9 Å². The zero-order valence-corrected chi connectivity index (χ0v) is 24.4. The molecule has 0 spiro atoms. The fourth-order valence-corrected chi connectivity index (χ4v) is 6.76. The number of pyridine rings is 1. The average molecular weight is 546 g/mol. The van der Waals surface area contributed by atoms with Crippen LogP contribution in [0.15, 0.2) is 30.5 Å². The van der Waals surface area contributed by atoms with Crippen molar-refractivity contribution < 1.29 is 14.4 Å². The van der Waals surface area contributed by atoms with Crippen molar-refractivity contribution in [3.8, 4) is 0 Å². The van der Waals surface area contributed by atoms with Gasteiger partial charge in [-0.05, 0) is 87.1 Å². The molecule has 3 fully saturated rings. The van der Waals surface area contributed by atoms with Crippen molar-refractivity contribution in [2.45, 2.75) is 97.3 Å². The molecule has 8 nitrogen and oxygen atoms in total. The molecule has 1 aliphatic carbocycles. The van der Waals surface area contributed by atoms with Crippen LogP contribution in [0.5, 0.6) is 0 Å². The number of hydrogen-bond acceptors (Lipinski definition) is 6. The van der Waals surface area contributed by atoms with E-state index >= 15 is 0 Å². The van der Waals surface area contributed by atoms with Gasteiger partial charge in [0.15, 0.2) is 5.78 Å². The van der Waals surface area contributed by atoms with Gasteiger partial charge in [0.1, 0.15) is 5.82 Å². The minimum absolute atomic E-state index is 0.0580. The van der Waals surface area contributed by atoms with Gasteiger partial charge >= 0.3 is 0 Å². The van der Waals surface area contributed by atoms with Gasteiger partial charge in [0, 0.05) is 53.1 Å². The number of primary amides is 1. The Labute approximate surface area is 237 Å². The highest BCUT2D eigenvalue weighted by molar-refractivity contribution is 6.03. The van der Waals surface area contributed by atoms with E-state index in [1.807, 2.05) is 19.1 Å². The van der Waals surface area contributed by atoms with Crippen molar-refractivity contribution in [2.24, 2.45) is 23.5 Å². The summed E-state index contributed by atoms with van der Waals surface area (Å²) in [7, 11) is 0. The molecule has 3 aliphatic rings. The monoisotopic (exact) mass is 545 g/mol. The molecule has 2 atom stereocenters. The van der Waals surface area contributed by atoms with Gasteiger partial charge in [0.05, 0.1) is 5.56 Å². The number of rotatable bonds is 10. The summed E-state index contributed by atoms with van der Waals surface area (Å²) in [6.45, 7) is 10.4. The number of Topliss-reactive ketones (excluding diaryl/α,β-unsaturated/α-hetero) is 1. The van der Waals surface area contributed by atoms with E-state index in [2.05, 4.69) is 48.2 Å². The number of fused-ring (bicyclic) bond motifs is 2. The number of nitrogens with two attached hydrogens (primary N) is 1. The number of amides is 2. The average Bonchev–Trinajstić information content (AvgIpc) is 3.71. The number of aromatic nitrogens is 1. The number of aryl methyl sites for hydroxylation is 1. The molecule has 214 valence electrons. The summed E-state index contributed by atoms with van der Waals surface area (Å²) in [6, 6.07) is 8.22. The van der Waals surface area contributed by atoms with E-state index in [4.69, 9.17) is 5.73 Å². The Balaban J connectivity index is 1.29. The molecule has 2 aliphatic heterocycles. The summed E-state index contributed by atoms with van der Waals surface area (Å²) < 4.78 is 0. The molecule has 2 unspecified atom stereocenters. The first-order chi connectivity index (χ1) is 19.0. The molecule has 5 rings (SSSR count). The Morgan fingerprint density at radius 2 is 1.60 bits per heavy atom. The first kappa shape index (κ1) is 28.1. The lowest BCUT2D eigenvalue weighted by Crippen LogP contribution is -2.50. The summed E-state index contributed by atoms with van der Waals surface area (Å²) in [4.78, 5) is 45.3. The summed E-state index contributed by atoms with van der Waals surface area (Å²) in [5.41, 5.74) is 8.74. The maximum atomic E-state index is 13.6. The quantitative estimate of drug-likeness (QED) is 0.358. The normalized spacial score (nSPS) is 22.2. The van der Waals surface area contributed by atoms with Crippen LogP contribution in [0.25, 0.3) is 0 Å². The largest absolute Gasteiger partial charge is 0.381 e. The number of anilines is 2. The Morgan fingerprint density at radius 3 is 2.12 bits per heavy atom. The molecule has 2 amide bonds. The molecule has 1 aromatic heterocycles. The first-order valence-corrected chi connectivity index (χ1v) is 14.8. The molecular formula is C32H43N5O3. The van der Waals surface area contributed by atoms with Gasteiger partial charge in [-0.2, -0.15) is 0 Å². The van der Waals surface area contributed by atoms with Crippen LogP contribution < -0.4 is 21.3 Å². The van der Waals surface area contributed by atoms with Gasteiger partial charge in [0.25, 0.3) is 11.8 Å². The van der Waals surface area contributed by atoms with Crippen molar-refractivity contribution in [3.63, 3.8) is 0 Å². The smallest absolute Gasteiger partial charge is 0.251 e. The van der Waals surface area contributed by atoms with Crippen LogP contribution in [0, 0.1) is 24.7 Å². The third-order valence-corrected chi connectivity index (χ3v) is 8.95. The number of piperidine rings is 1. The lowest BCUT2D eigenvalue weighted by atomic mass is 9.92. The Morgan fingerprint density at radius 1 is 0.950 bits per heavy atom. The molecule has 0 radical (unpaired) electrons. The lowest BCUT2D eigenvalue weighted by molar-refractivity contribution is 0.0923. The molecule has 3 heterocycles. The topological polar surface area (TPSA) is 117 Å². The Hall–Kier alpha value is -3.42. The highest BCUT2D eigenvalue weighted by Gasteiger charge is 2.42. The number of hydrogen-bond donors (Lipinski definition) is 3. The number of carbonyl (C=O) groups is 3. The summed E-state index contributed by atoms with van der Waals surface area (Å²) >= 11 is 0. The second-order valence-corrected chi connectivity index (χ2v) is 12.7. The van der Waals surface area contributed by atoms with E-state index in [9.17, 15) is 14.4 Å². The molecule has 2 aromatic rings. The minimum atomic E-state index is -0.508. The van der Waals surface area contributed by atoms with E-state index in [1.54, 1.807) is 18.3 Å². The fourth-order valence-electron chi connectivity index (χ4n) is 6.76. The molecule has 2 bridgehead atoms. The number of ketones is 1. The predicted molar refractivity (Wildman–Crippen MR) is 158 cm³/mol. The first-order valence-electron chi connectivity index (χ1n) is 14.8. The van der Waals surface area contributed by atoms with Gasteiger partial charge in [-0.1, -0.05) is 27.7 Å². The number of nitrogens with one attached hydrogen (secondary N) is 2. The van der Waals surface area contributed by atoms with Gasteiger partial charge in [-0.3, -0.25) is 14.4 Å². The number of carbonyl (C=O) groups excluding carboxylic acids is 3.